The zero-order chi connectivity index (χ0) is 11.8. The Morgan fingerprint density at radius 3 is 2.88 bits per heavy atom. The molecule has 0 fully saturated rings. The van der Waals surface area contributed by atoms with Gasteiger partial charge in [-0.3, -0.25) is 0 Å². The zero-order valence-corrected chi connectivity index (χ0v) is 9.37. The number of aromatic amines is 1. The maximum atomic E-state index is 13.6. The van der Waals surface area contributed by atoms with E-state index in [1.165, 1.54) is 12.3 Å². The number of rotatable bonds is 1. The van der Waals surface area contributed by atoms with Gasteiger partial charge in [-0.25, -0.2) is 14.4 Å². The smallest absolute Gasteiger partial charge is 0.178 e. The molecule has 0 saturated heterocycles. The van der Waals surface area contributed by atoms with Gasteiger partial charge in [0, 0.05) is 6.20 Å². The number of aromatic nitrogens is 3. The van der Waals surface area contributed by atoms with Crippen molar-refractivity contribution < 1.29 is 4.39 Å². The summed E-state index contributed by atoms with van der Waals surface area (Å²) in [4.78, 5) is 11.3. The molecule has 0 radical (unpaired) electrons. The van der Waals surface area contributed by atoms with E-state index in [9.17, 15) is 4.39 Å². The second-order valence-electron chi connectivity index (χ2n) is 3.59. The molecule has 17 heavy (non-hydrogen) atoms. The van der Waals surface area contributed by atoms with E-state index in [2.05, 4.69) is 15.0 Å². The van der Waals surface area contributed by atoms with Crippen molar-refractivity contribution in [3.05, 3.63) is 47.4 Å². The molecule has 0 aliphatic carbocycles. The first-order valence-electron chi connectivity index (χ1n) is 5.00. The van der Waals surface area contributed by atoms with Crippen LogP contribution in [0.4, 0.5) is 4.39 Å². The molecule has 3 aromatic rings. The topological polar surface area (TPSA) is 41.6 Å². The number of benzene rings is 1. The highest BCUT2D eigenvalue weighted by Gasteiger charge is 2.09. The normalized spacial score (nSPS) is 10.9. The third-order valence-electron chi connectivity index (χ3n) is 2.43. The third kappa shape index (κ3) is 1.76. The first-order valence-corrected chi connectivity index (χ1v) is 5.38. The van der Waals surface area contributed by atoms with E-state index in [0.29, 0.717) is 27.6 Å². The van der Waals surface area contributed by atoms with E-state index in [1.807, 2.05) is 0 Å². The van der Waals surface area contributed by atoms with E-state index in [4.69, 9.17) is 11.6 Å². The molecule has 0 saturated carbocycles. The van der Waals surface area contributed by atoms with Crippen LogP contribution in [0.25, 0.3) is 22.6 Å². The summed E-state index contributed by atoms with van der Waals surface area (Å²) >= 11 is 5.82. The second-order valence-corrected chi connectivity index (χ2v) is 4.03. The number of halogens is 2. The van der Waals surface area contributed by atoms with E-state index < -0.39 is 0 Å². The van der Waals surface area contributed by atoms with Crippen LogP contribution in [0.15, 0.2) is 36.5 Å². The predicted octanol–water partition coefficient (Wildman–Crippen LogP) is 3.42. The largest absolute Gasteiger partial charge is 0.336 e. The van der Waals surface area contributed by atoms with Crippen LogP contribution >= 0.6 is 11.6 Å². The summed E-state index contributed by atoms with van der Waals surface area (Å²) in [5.41, 5.74) is 1.63. The molecule has 0 atom stereocenters. The van der Waals surface area contributed by atoms with Gasteiger partial charge in [-0.05, 0) is 18.2 Å². The van der Waals surface area contributed by atoms with Crippen LogP contribution < -0.4 is 0 Å². The molecule has 0 unspecified atom stereocenters. The molecule has 0 amide bonds. The molecule has 3 nitrogen and oxygen atoms in total. The van der Waals surface area contributed by atoms with Gasteiger partial charge in [-0.2, -0.15) is 0 Å². The highest BCUT2D eigenvalue weighted by atomic mass is 35.5. The van der Waals surface area contributed by atoms with Gasteiger partial charge in [0.1, 0.15) is 11.6 Å². The predicted molar refractivity (Wildman–Crippen MR) is 64.3 cm³/mol. The Hall–Kier alpha value is -1.94. The Morgan fingerprint density at radius 2 is 2.06 bits per heavy atom. The Balaban J connectivity index is 2.22. The molecule has 3 rings (SSSR count). The fourth-order valence-electron chi connectivity index (χ4n) is 1.66. The van der Waals surface area contributed by atoms with Gasteiger partial charge in [-0.15, -0.1) is 0 Å². The molecule has 0 aliphatic heterocycles. The highest BCUT2D eigenvalue weighted by Crippen LogP contribution is 2.23. The fraction of sp³-hybridized carbons (Fsp3) is 0. The van der Waals surface area contributed by atoms with Gasteiger partial charge in [0.25, 0.3) is 0 Å². The number of pyridine rings is 1. The summed E-state index contributed by atoms with van der Waals surface area (Å²) in [5.74, 6) is 0.130. The summed E-state index contributed by atoms with van der Waals surface area (Å²) in [6.07, 6.45) is 1.51. The quantitative estimate of drug-likeness (QED) is 0.716. The first kappa shape index (κ1) is 10.2. The number of nitrogens with zero attached hydrogens (tertiary/aromatic N) is 2. The SMILES string of the molecule is Fc1ccccc1-c1nc2ncc(Cl)cc2[nH]1. The van der Waals surface area contributed by atoms with Gasteiger partial charge in [0.2, 0.25) is 0 Å². The third-order valence-corrected chi connectivity index (χ3v) is 2.64. The average molecular weight is 248 g/mol. The number of nitrogens with one attached hydrogen (secondary N) is 1. The molecule has 5 heteroatoms. The van der Waals surface area contributed by atoms with E-state index >= 15 is 0 Å². The maximum Gasteiger partial charge on any atom is 0.178 e. The van der Waals surface area contributed by atoms with Gasteiger partial charge < -0.3 is 4.98 Å². The Bertz CT molecular complexity index is 693. The summed E-state index contributed by atoms with van der Waals surface area (Å²) < 4.78 is 13.6. The summed E-state index contributed by atoms with van der Waals surface area (Å²) in [6.45, 7) is 0. The lowest BCUT2D eigenvalue weighted by Crippen LogP contribution is -1.84. The van der Waals surface area contributed by atoms with Crippen LogP contribution in [-0.2, 0) is 0 Å². The van der Waals surface area contributed by atoms with Gasteiger partial charge in [0.05, 0.1) is 16.1 Å². The van der Waals surface area contributed by atoms with Crippen molar-refractivity contribution >= 4 is 22.8 Å². The maximum absolute atomic E-state index is 13.6. The van der Waals surface area contributed by atoms with Gasteiger partial charge in [-0.1, -0.05) is 23.7 Å². The number of hydrogen-bond acceptors (Lipinski definition) is 2. The Morgan fingerprint density at radius 1 is 1.24 bits per heavy atom. The minimum Gasteiger partial charge on any atom is -0.336 e. The molecule has 84 valence electrons. The summed E-state index contributed by atoms with van der Waals surface area (Å²) in [7, 11) is 0. The molecule has 0 spiro atoms. The number of fused-ring (bicyclic) bond motifs is 1. The van der Waals surface area contributed by atoms with Crippen LogP contribution in [0.1, 0.15) is 0 Å². The van der Waals surface area contributed by atoms with Crippen molar-refractivity contribution in [3.63, 3.8) is 0 Å². The molecular formula is C12H7ClFN3. The highest BCUT2D eigenvalue weighted by molar-refractivity contribution is 6.31. The molecule has 2 aromatic heterocycles. The monoisotopic (exact) mass is 247 g/mol. The van der Waals surface area contributed by atoms with Crippen LogP contribution in [0, 0.1) is 5.82 Å². The van der Waals surface area contributed by atoms with Gasteiger partial charge in [0.15, 0.2) is 5.65 Å². The molecule has 1 aromatic carbocycles. The van der Waals surface area contributed by atoms with Crippen LogP contribution in [-0.4, -0.2) is 15.0 Å². The van der Waals surface area contributed by atoms with Crippen molar-refractivity contribution in [2.24, 2.45) is 0 Å². The van der Waals surface area contributed by atoms with E-state index in [-0.39, 0.29) is 5.82 Å². The fourth-order valence-corrected chi connectivity index (χ4v) is 1.81. The average Bonchev–Trinajstić information content (AvgIpc) is 2.72. The summed E-state index contributed by atoms with van der Waals surface area (Å²) in [6, 6.07) is 8.15. The Labute approximate surface area is 101 Å². The van der Waals surface area contributed by atoms with Crippen molar-refractivity contribution in [3.8, 4) is 11.4 Å². The molecule has 0 bridgehead atoms. The number of H-pyrrole nitrogens is 1. The van der Waals surface area contributed by atoms with Crippen molar-refractivity contribution in [2.45, 2.75) is 0 Å². The molecule has 0 aliphatic rings. The van der Waals surface area contributed by atoms with Crippen molar-refractivity contribution in [1.29, 1.82) is 0 Å². The first-order chi connectivity index (χ1) is 8.24. The van der Waals surface area contributed by atoms with Crippen molar-refractivity contribution in [2.75, 3.05) is 0 Å². The standard InChI is InChI=1S/C12H7ClFN3/c13-7-5-10-12(15-6-7)17-11(16-10)8-3-1-2-4-9(8)14/h1-6H,(H,15,16,17). The number of imidazole rings is 1. The zero-order valence-electron chi connectivity index (χ0n) is 8.61. The second kappa shape index (κ2) is 3.82. The molecule has 2 heterocycles. The lowest BCUT2D eigenvalue weighted by atomic mass is 10.2. The van der Waals surface area contributed by atoms with Gasteiger partial charge >= 0.3 is 0 Å². The molecular weight excluding hydrogens is 241 g/mol. The lowest BCUT2D eigenvalue weighted by molar-refractivity contribution is 0.630. The minimum absolute atomic E-state index is 0.322. The summed E-state index contributed by atoms with van der Waals surface area (Å²) in [5, 5.41) is 0.515. The van der Waals surface area contributed by atoms with E-state index in [0.717, 1.165) is 0 Å². The van der Waals surface area contributed by atoms with Crippen LogP contribution in [0.2, 0.25) is 5.02 Å². The van der Waals surface area contributed by atoms with Crippen molar-refractivity contribution in [1.82, 2.24) is 15.0 Å². The van der Waals surface area contributed by atoms with Crippen LogP contribution in [0.5, 0.6) is 0 Å². The molecule has 1 N–H and O–H groups in total. The van der Waals surface area contributed by atoms with Crippen LogP contribution in [0.3, 0.4) is 0 Å². The number of hydrogen-bond donors (Lipinski definition) is 1. The lowest BCUT2D eigenvalue weighted by Gasteiger charge is -1.96. The van der Waals surface area contributed by atoms with E-state index in [1.54, 1.807) is 24.3 Å². The Kier molecular flexibility index (Phi) is 2.30. The minimum atomic E-state index is -0.322.